The van der Waals surface area contributed by atoms with Crippen LogP contribution in [-0.4, -0.2) is 58.6 Å². The fraction of sp³-hybridized carbons (Fsp3) is 1.00. The highest BCUT2D eigenvalue weighted by atomic mass is 32.3. The lowest BCUT2D eigenvalue weighted by Gasteiger charge is -2.14. The molecule has 94 valence electrons. The first-order chi connectivity index (χ1) is 6.21. The van der Waals surface area contributed by atoms with Crippen LogP contribution in [-0.2, 0) is 29.5 Å². The van der Waals surface area contributed by atoms with Gasteiger partial charge in [-0.25, -0.2) is 8.42 Å². The molecule has 0 amide bonds. The van der Waals surface area contributed by atoms with Gasteiger partial charge >= 0.3 is 10.4 Å². The molecule has 0 radical (unpaired) electrons. The van der Waals surface area contributed by atoms with Crippen LogP contribution in [0, 0.1) is 0 Å². The van der Waals surface area contributed by atoms with Gasteiger partial charge in [-0.2, -0.15) is 8.42 Å². The van der Waals surface area contributed by atoms with E-state index in [9.17, 15) is 21.4 Å². The predicted molar refractivity (Wildman–Crippen MR) is 47.4 cm³/mol. The van der Waals surface area contributed by atoms with E-state index in [4.69, 9.17) is 4.55 Å². The van der Waals surface area contributed by atoms with Crippen molar-refractivity contribution < 1.29 is 39.1 Å². The monoisotopic (exact) mass is 267 g/mol. The lowest BCUT2D eigenvalue weighted by molar-refractivity contribution is -0.849. The molecule has 0 aromatic rings. The molecule has 0 aromatic carbocycles. The van der Waals surface area contributed by atoms with E-state index < -0.39 is 20.8 Å². The van der Waals surface area contributed by atoms with Crippen molar-refractivity contribution in [3.05, 3.63) is 0 Å². The number of nitrogens with zero attached hydrogens (tertiary/aromatic N) is 1. The van der Waals surface area contributed by atoms with Gasteiger partial charge in [0.1, 0.15) is 0 Å². The highest BCUT2D eigenvalue weighted by Gasteiger charge is 2.07. The third-order valence-corrected chi connectivity index (χ3v) is 0.758. The molecule has 0 rings (SSSR count). The highest BCUT2D eigenvalue weighted by molar-refractivity contribution is 7.83. The Bertz CT molecular complexity index is 324. The molecule has 0 aliphatic carbocycles. The third-order valence-electron chi connectivity index (χ3n) is 0.197. The molecule has 0 aliphatic heterocycles. The molecule has 0 heterocycles. The molecule has 0 fully saturated rings. The van der Waals surface area contributed by atoms with Gasteiger partial charge in [0.05, 0.1) is 28.2 Å². The van der Waals surface area contributed by atoms with E-state index >= 15 is 0 Å². The van der Waals surface area contributed by atoms with Gasteiger partial charge in [0.2, 0.25) is 10.4 Å². The second kappa shape index (κ2) is 5.69. The molecular formula is C4H13NO8S2. The number of rotatable bonds is 3. The Hall–Kier alpha value is -0.300. The van der Waals surface area contributed by atoms with E-state index in [1.807, 2.05) is 0 Å². The Balaban J connectivity index is 0. The number of quaternary nitrogens is 1. The fourth-order valence-corrected chi connectivity index (χ4v) is 0.622. The van der Waals surface area contributed by atoms with Crippen LogP contribution in [0.1, 0.15) is 0 Å². The molecular weight excluding hydrogens is 254 g/mol. The quantitative estimate of drug-likeness (QED) is 0.215. The van der Waals surface area contributed by atoms with Gasteiger partial charge in [-0.1, -0.05) is 8.67 Å². The van der Waals surface area contributed by atoms with Crippen molar-refractivity contribution in [2.75, 3.05) is 28.2 Å². The third kappa shape index (κ3) is 41.8. The van der Waals surface area contributed by atoms with Crippen molar-refractivity contribution in [2.45, 2.75) is 0 Å². The van der Waals surface area contributed by atoms with Gasteiger partial charge in [0.25, 0.3) is 0 Å². The van der Waals surface area contributed by atoms with Crippen molar-refractivity contribution >= 4 is 20.8 Å². The Morgan fingerprint density at radius 3 is 1.33 bits per heavy atom. The van der Waals surface area contributed by atoms with Crippen LogP contribution in [0.15, 0.2) is 0 Å². The van der Waals surface area contributed by atoms with Gasteiger partial charge < -0.3 is 9.04 Å². The van der Waals surface area contributed by atoms with Gasteiger partial charge in [0.15, 0.2) is 0 Å². The van der Waals surface area contributed by atoms with Gasteiger partial charge in [0, 0.05) is 0 Å². The molecule has 0 bridgehead atoms. The standard InChI is InChI=1S/C4H12N.H2O8S2/c1-5(2,3)4;1-9(2,3)7-8-10(4,5)6/h1-4H3;(H,1,2,3)(H,4,5,6)/q+1;/p-1. The zero-order valence-electron chi connectivity index (χ0n) is 8.57. The molecule has 0 saturated heterocycles. The molecule has 11 heteroatoms. The molecule has 0 spiro atoms. The summed E-state index contributed by atoms with van der Waals surface area (Å²) in [6.07, 6.45) is 0. The fourth-order valence-electron chi connectivity index (χ4n) is 0.0691. The minimum atomic E-state index is -5.27. The van der Waals surface area contributed by atoms with Crippen LogP contribution >= 0.6 is 0 Å². The molecule has 0 aliphatic rings. The van der Waals surface area contributed by atoms with E-state index in [1.54, 1.807) is 0 Å². The van der Waals surface area contributed by atoms with Gasteiger partial charge in [-0.15, -0.1) is 0 Å². The highest BCUT2D eigenvalue weighted by Crippen LogP contribution is 1.92. The summed E-state index contributed by atoms with van der Waals surface area (Å²) in [6.45, 7) is 0. The summed E-state index contributed by atoms with van der Waals surface area (Å²) >= 11 is 0. The average Bonchev–Trinajstić information content (AvgIpc) is 1.76. The maximum Gasteiger partial charge on any atom is 0.425 e. The van der Waals surface area contributed by atoms with Crippen LogP contribution in [0.3, 0.4) is 0 Å². The zero-order valence-corrected chi connectivity index (χ0v) is 10.2. The maximum atomic E-state index is 9.48. The first-order valence-electron chi connectivity index (χ1n) is 3.30. The maximum absolute atomic E-state index is 9.48. The van der Waals surface area contributed by atoms with E-state index in [0.29, 0.717) is 0 Å². The van der Waals surface area contributed by atoms with Crippen LogP contribution in [0.2, 0.25) is 0 Å². The molecule has 0 aromatic heterocycles. The van der Waals surface area contributed by atoms with Crippen LogP contribution < -0.4 is 0 Å². The average molecular weight is 267 g/mol. The number of hydrogen-bond acceptors (Lipinski definition) is 7. The zero-order chi connectivity index (χ0) is 12.9. The summed E-state index contributed by atoms with van der Waals surface area (Å²) in [6, 6.07) is 0. The van der Waals surface area contributed by atoms with Crippen LogP contribution in [0.25, 0.3) is 0 Å². The number of hydrogen-bond donors (Lipinski definition) is 1. The molecule has 0 atom stereocenters. The lowest BCUT2D eigenvalue weighted by Crippen LogP contribution is -2.27. The minimum absolute atomic E-state index is 1.00. The van der Waals surface area contributed by atoms with Gasteiger partial charge in [-0.3, -0.25) is 4.55 Å². The van der Waals surface area contributed by atoms with E-state index in [1.165, 1.54) is 0 Å². The predicted octanol–water partition coefficient (Wildman–Crippen LogP) is -1.48. The Labute approximate surface area is 88.6 Å². The topological polar surface area (TPSA) is 130 Å². The normalized spacial score (nSPS) is 12.9. The first kappa shape index (κ1) is 17.1. The van der Waals surface area contributed by atoms with Crippen molar-refractivity contribution in [1.29, 1.82) is 0 Å². The molecule has 0 saturated carbocycles. The summed E-state index contributed by atoms with van der Waals surface area (Å²) in [5, 5.41) is 0. The smallest absolute Gasteiger partial charge is 0.425 e. The van der Waals surface area contributed by atoms with E-state index in [-0.39, 0.29) is 0 Å². The van der Waals surface area contributed by atoms with Crippen molar-refractivity contribution in [2.24, 2.45) is 0 Å². The van der Waals surface area contributed by atoms with Gasteiger partial charge in [-0.05, 0) is 0 Å². The minimum Gasteiger partial charge on any atom is -0.724 e. The first-order valence-corrected chi connectivity index (χ1v) is 6.00. The molecule has 15 heavy (non-hydrogen) atoms. The van der Waals surface area contributed by atoms with Crippen molar-refractivity contribution in [1.82, 2.24) is 0 Å². The summed E-state index contributed by atoms with van der Waals surface area (Å²) in [4.78, 5) is 0. The second-order valence-electron chi connectivity index (χ2n) is 3.66. The Kier molecular flexibility index (Phi) is 6.49. The molecule has 0 unspecified atom stereocenters. The molecule has 1 N–H and O–H groups in total. The van der Waals surface area contributed by atoms with Crippen molar-refractivity contribution in [3.8, 4) is 0 Å². The van der Waals surface area contributed by atoms with E-state index in [2.05, 4.69) is 36.9 Å². The van der Waals surface area contributed by atoms with Crippen LogP contribution in [0.4, 0.5) is 0 Å². The summed E-state index contributed by atoms with van der Waals surface area (Å²) in [5.74, 6) is 0. The molecule has 9 nitrogen and oxygen atoms in total. The summed E-state index contributed by atoms with van der Waals surface area (Å²) in [7, 11) is -1.83. The van der Waals surface area contributed by atoms with Crippen LogP contribution in [0.5, 0.6) is 0 Å². The second-order valence-corrected chi connectivity index (χ2v) is 5.60. The summed E-state index contributed by atoms with van der Waals surface area (Å²) in [5.41, 5.74) is 0. The lowest BCUT2D eigenvalue weighted by atomic mass is 10.8. The summed E-state index contributed by atoms with van der Waals surface area (Å²) < 4.78 is 61.2. The Morgan fingerprint density at radius 2 is 1.27 bits per heavy atom. The van der Waals surface area contributed by atoms with Crippen molar-refractivity contribution in [3.63, 3.8) is 0 Å². The van der Waals surface area contributed by atoms with E-state index in [0.717, 1.165) is 4.48 Å². The largest absolute Gasteiger partial charge is 0.724 e. The Morgan fingerprint density at radius 1 is 1.00 bits per heavy atom. The SMILES string of the molecule is C[N+](C)(C)C.O=S(=O)([O-])OOS(=O)(=O)O.